The number of benzene rings is 1. The van der Waals surface area contributed by atoms with E-state index in [2.05, 4.69) is 21.8 Å². The maximum absolute atomic E-state index is 6.05. The summed E-state index contributed by atoms with van der Waals surface area (Å²) in [4.78, 5) is 5.77. The molecule has 1 aromatic heterocycles. The third-order valence-corrected chi connectivity index (χ3v) is 3.26. The zero-order valence-corrected chi connectivity index (χ0v) is 11.1. The van der Waals surface area contributed by atoms with Crippen LogP contribution in [0.3, 0.4) is 0 Å². The zero-order valence-electron chi connectivity index (χ0n) is 9.61. The Morgan fingerprint density at radius 3 is 2.72 bits per heavy atom. The number of hydrogen-bond donors (Lipinski definition) is 2. The molecule has 0 atom stereocenters. The van der Waals surface area contributed by atoms with Gasteiger partial charge in [-0.25, -0.2) is 5.10 Å². The molecule has 0 radical (unpaired) electrons. The molecule has 0 bridgehead atoms. The molecular weight excluding hydrogens is 273 g/mol. The first-order valence-corrected chi connectivity index (χ1v) is 5.81. The smallest absolute Gasteiger partial charge is 0.250 e. The molecule has 0 amide bonds. The van der Waals surface area contributed by atoms with Gasteiger partial charge in [-0.05, 0) is 17.7 Å². The van der Waals surface area contributed by atoms with Crippen LogP contribution < -0.4 is 10.6 Å². The lowest BCUT2D eigenvalue weighted by molar-refractivity contribution is 1.03. The molecule has 0 saturated heterocycles. The van der Waals surface area contributed by atoms with E-state index in [-0.39, 0.29) is 5.95 Å². The fraction of sp³-hybridized carbons (Fsp3) is 0.0909. The summed E-state index contributed by atoms with van der Waals surface area (Å²) in [6.45, 7) is 3.69. The van der Waals surface area contributed by atoms with Crippen molar-refractivity contribution >= 4 is 46.9 Å². The van der Waals surface area contributed by atoms with Crippen LogP contribution in [0.1, 0.15) is 5.56 Å². The molecule has 7 heteroatoms. The molecule has 0 aliphatic heterocycles. The van der Waals surface area contributed by atoms with Crippen molar-refractivity contribution in [2.75, 3.05) is 17.7 Å². The Hall–Kier alpha value is -1.72. The average molecular weight is 284 g/mol. The van der Waals surface area contributed by atoms with E-state index < -0.39 is 0 Å². The topological polar surface area (TPSA) is 70.8 Å². The third-order valence-electron chi connectivity index (χ3n) is 2.44. The van der Waals surface area contributed by atoms with Gasteiger partial charge >= 0.3 is 0 Å². The first kappa shape index (κ1) is 12.7. The maximum atomic E-state index is 6.05. The number of hydrogen-bond acceptors (Lipinski definition) is 4. The predicted octanol–water partition coefficient (Wildman–Crippen LogP) is 3.10. The lowest BCUT2D eigenvalue weighted by Gasteiger charge is -2.16. The van der Waals surface area contributed by atoms with Crippen molar-refractivity contribution in [3.05, 3.63) is 34.3 Å². The summed E-state index contributed by atoms with van der Waals surface area (Å²) in [5.74, 6) is 0.696. The van der Waals surface area contributed by atoms with Crippen LogP contribution in [0.2, 0.25) is 10.0 Å². The zero-order chi connectivity index (χ0) is 13.3. The minimum absolute atomic E-state index is 0.251. The van der Waals surface area contributed by atoms with Gasteiger partial charge in [-0.1, -0.05) is 35.9 Å². The van der Waals surface area contributed by atoms with E-state index in [1.807, 2.05) is 6.07 Å². The number of aromatic nitrogens is 3. The molecule has 3 N–H and O–H groups in total. The largest absolute Gasteiger partial charge is 0.368 e. The summed E-state index contributed by atoms with van der Waals surface area (Å²) in [6.07, 6.45) is 1.64. The van der Waals surface area contributed by atoms with Crippen LogP contribution in [0, 0.1) is 0 Å². The lowest BCUT2D eigenvalue weighted by Crippen LogP contribution is -2.11. The number of nitrogens with two attached hydrogens (primary N) is 1. The second kappa shape index (κ2) is 4.88. The van der Waals surface area contributed by atoms with Crippen LogP contribution in [0.5, 0.6) is 0 Å². The highest BCUT2D eigenvalue weighted by atomic mass is 35.5. The van der Waals surface area contributed by atoms with Crippen molar-refractivity contribution in [3.8, 4) is 0 Å². The van der Waals surface area contributed by atoms with Crippen LogP contribution in [0.15, 0.2) is 18.7 Å². The molecule has 0 unspecified atom stereocenters. The van der Waals surface area contributed by atoms with Crippen molar-refractivity contribution in [1.29, 1.82) is 0 Å². The van der Waals surface area contributed by atoms with Crippen molar-refractivity contribution in [2.45, 2.75) is 0 Å². The summed E-state index contributed by atoms with van der Waals surface area (Å²) in [7, 11) is 1.80. The summed E-state index contributed by atoms with van der Waals surface area (Å²) in [5, 5.41) is 7.45. The second-order valence-electron chi connectivity index (χ2n) is 3.61. The molecule has 2 aromatic rings. The van der Waals surface area contributed by atoms with Crippen LogP contribution >= 0.6 is 23.2 Å². The minimum atomic E-state index is 0.251. The molecule has 5 nitrogen and oxygen atoms in total. The summed E-state index contributed by atoms with van der Waals surface area (Å²) in [5.41, 5.74) is 7.02. The van der Waals surface area contributed by atoms with Crippen LogP contribution in [0.25, 0.3) is 6.08 Å². The Morgan fingerprint density at radius 2 is 2.17 bits per heavy atom. The van der Waals surface area contributed by atoms with E-state index in [4.69, 9.17) is 28.9 Å². The Balaban J connectivity index is 2.45. The minimum Gasteiger partial charge on any atom is -0.368 e. The van der Waals surface area contributed by atoms with E-state index in [0.717, 1.165) is 11.3 Å². The Labute approximate surface area is 114 Å². The van der Waals surface area contributed by atoms with Crippen LogP contribution in [-0.2, 0) is 0 Å². The van der Waals surface area contributed by atoms with Gasteiger partial charge in [0.25, 0.3) is 5.95 Å². The average Bonchev–Trinajstić information content (AvgIpc) is 2.78. The number of nitrogens with one attached hydrogen (secondary N) is 1. The van der Waals surface area contributed by atoms with E-state index in [9.17, 15) is 0 Å². The molecule has 0 aliphatic rings. The van der Waals surface area contributed by atoms with Crippen molar-refractivity contribution in [1.82, 2.24) is 15.2 Å². The fourth-order valence-corrected chi connectivity index (χ4v) is 1.88. The second-order valence-corrected chi connectivity index (χ2v) is 4.40. The molecule has 1 heterocycles. The van der Waals surface area contributed by atoms with Gasteiger partial charge < -0.3 is 10.6 Å². The number of nitrogens with zero attached hydrogens (tertiary/aromatic N) is 3. The van der Waals surface area contributed by atoms with Gasteiger partial charge in [-0.2, -0.15) is 4.98 Å². The first-order valence-electron chi connectivity index (χ1n) is 5.06. The molecular formula is C11H11Cl2N5. The molecule has 0 spiro atoms. The van der Waals surface area contributed by atoms with Crippen LogP contribution in [0.4, 0.5) is 17.6 Å². The van der Waals surface area contributed by atoms with Gasteiger partial charge in [0.15, 0.2) is 0 Å². The standard InChI is InChI=1S/C11H11Cl2N5/c1-3-6-4-7(5-8(12)9(6)13)18(2)11-15-10(14)16-17-11/h3-5H,1H2,2H3,(H3,14,15,16,17). The maximum Gasteiger partial charge on any atom is 0.250 e. The van der Waals surface area contributed by atoms with Gasteiger partial charge in [0, 0.05) is 12.7 Å². The number of aromatic amines is 1. The molecule has 2 rings (SSSR count). The summed E-state index contributed by atoms with van der Waals surface area (Å²) < 4.78 is 0. The third kappa shape index (κ3) is 2.27. The molecule has 0 fully saturated rings. The van der Waals surface area contributed by atoms with Crippen molar-refractivity contribution < 1.29 is 0 Å². The highest BCUT2D eigenvalue weighted by Gasteiger charge is 2.12. The Bertz CT molecular complexity index is 593. The van der Waals surface area contributed by atoms with E-state index in [1.54, 1.807) is 24.1 Å². The number of halogens is 2. The van der Waals surface area contributed by atoms with Crippen molar-refractivity contribution in [2.24, 2.45) is 0 Å². The first-order chi connectivity index (χ1) is 8.52. The number of anilines is 3. The van der Waals surface area contributed by atoms with E-state index in [1.165, 1.54) is 0 Å². The van der Waals surface area contributed by atoms with Crippen LogP contribution in [-0.4, -0.2) is 22.2 Å². The van der Waals surface area contributed by atoms with Gasteiger partial charge in [0.05, 0.1) is 10.0 Å². The summed E-state index contributed by atoms with van der Waals surface area (Å²) >= 11 is 12.1. The number of nitrogen functional groups attached to an aromatic ring is 1. The highest BCUT2D eigenvalue weighted by Crippen LogP contribution is 2.33. The molecule has 0 aliphatic carbocycles. The van der Waals surface area contributed by atoms with Gasteiger partial charge in [-0.3, -0.25) is 0 Å². The van der Waals surface area contributed by atoms with Gasteiger partial charge in [0.1, 0.15) is 0 Å². The molecule has 94 valence electrons. The SMILES string of the molecule is C=Cc1cc(N(C)c2n[nH]c(N)n2)cc(Cl)c1Cl. The highest BCUT2D eigenvalue weighted by molar-refractivity contribution is 6.43. The Kier molecular flexibility index (Phi) is 3.45. The fourth-order valence-electron chi connectivity index (χ4n) is 1.47. The van der Waals surface area contributed by atoms with Gasteiger partial charge in [-0.15, -0.1) is 5.10 Å². The molecule has 1 aromatic carbocycles. The van der Waals surface area contributed by atoms with E-state index in [0.29, 0.717) is 16.0 Å². The quantitative estimate of drug-likeness (QED) is 0.908. The monoisotopic (exact) mass is 283 g/mol. The summed E-state index contributed by atoms with van der Waals surface area (Å²) in [6, 6.07) is 3.57. The number of rotatable bonds is 3. The number of H-pyrrole nitrogens is 1. The molecule has 18 heavy (non-hydrogen) atoms. The van der Waals surface area contributed by atoms with E-state index >= 15 is 0 Å². The predicted molar refractivity (Wildman–Crippen MR) is 75.4 cm³/mol. The Morgan fingerprint density at radius 1 is 1.44 bits per heavy atom. The normalized spacial score (nSPS) is 10.4. The van der Waals surface area contributed by atoms with Gasteiger partial charge in [0.2, 0.25) is 5.95 Å². The molecule has 0 saturated carbocycles. The van der Waals surface area contributed by atoms with Crippen molar-refractivity contribution in [3.63, 3.8) is 0 Å². The lowest BCUT2D eigenvalue weighted by atomic mass is 10.2.